The van der Waals surface area contributed by atoms with Crippen LogP contribution in [0.2, 0.25) is 0 Å². The third kappa shape index (κ3) is 1.04. The summed E-state index contributed by atoms with van der Waals surface area (Å²) in [6.07, 6.45) is 0.0586. The maximum atomic E-state index is 12.3. The van der Waals surface area contributed by atoms with E-state index in [4.69, 9.17) is 1.37 Å². The Bertz CT molecular complexity index is 228. The summed E-state index contributed by atoms with van der Waals surface area (Å²) < 4.78 is 19.3. The smallest absolute Gasteiger partial charge is 0.155 e. The molecule has 8 heavy (non-hydrogen) atoms. The molecule has 0 atom stereocenters. The predicted octanol–water partition coefficient (Wildman–Crippen LogP) is 1.98. The minimum Gasteiger partial charge on any atom is -0.246 e. The van der Waals surface area contributed by atoms with Crippen LogP contribution in [0.15, 0.2) is 22.9 Å². The Labute approximate surface area is 56.1 Å². The number of halogens is 2. The van der Waals surface area contributed by atoms with Gasteiger partial charge in [-0.25, -0.2) is 9.37 Å². The largest absolute Gasteiger partial charge is 0.246 e. The summed E-state index contributed by atoms with van der Waals surface area (Å²) >= 11 is 2.84. The Morgan fingerprint density at radius 1 is 1.88 bits per heavy atom. The molecule has 0 aliphatic carbocycles. The number of rotatable bonds is 0. The fourth-order valence-electron chi connectivity index (χ4n) is 0.327. The van der Waals surface area contributed by atoms with Crippen LogP contribution in [0.5, 0.6) is 0 Å². The second kappa shape index (κ2) is 2.22. The maximum absolute atomic E-state index is 12.3. The molecule has 0 N–H and O–H groups in total. The van der Waals surface area contributed by atoms with E-state index in [0.29, 0.717) is 0 Å². The van der Waals surface area contributed by atoms with Gasteiger partial charge < -0.3 is 0 Å². The molecule has 0 amide bonds. The Morgan fingerprint density at radius 3 is 3.12 bits per heavy atom. The summed E-state index contributed by atoms with van der Waals surface area (Å²) in [6.45, 7) is 0. The van der Waals surface area contributed by atoms with Crippen LogP contribution in [-0.4, -0.2) is 4.98 Å². The molecule has 1 nitrogen and oxygen atoms in total. The normalized spacial score (nSPS) is 11.0. The van der Waals surface area contributed by atoms with Gasteiger partial charge in [-0.1, -0.05) is 0 Å². The van der Waals surface area contributed by atoms with Crippen molar-refractivity contribution in [3.8, 4) is 0 Å². The first-order valence-corrected chi connectivity index (χ1v) is 2.78. The molecule has 42 valence electrons. The predicted molar refractivity (Wildman–Crippen MR) is 31.9 cm³/mol. The van der Waals surface area contributed by atoms with Gasteiger partial charge in [0.05, 0.1) is 1.37 Å². The third-order valence-corrected chi connectivity index (χ3v) is 1.22. The van der Waals surface area contributed by atoms with Gasteiger partial charge in [0.1, 0.15) is 4.60 Å². The van der Waals surface area contributed by atoms with Crippen molar-refractivity contribution in [1.29, 1.82) is 0 Å². The molecule has 0 spiro atoms. The molecule has 0 radical (unpaired) electrons. The number of nitrogens with zero attached hydrogens (tertiary/aromatic N) is 1. The lowest BCUT2D eigenvalue weighted by atomic mass is 10.5. The Hall–Kier alpha value is -0.440. The minimum absolute atomic E-state index is 0.0586. The SMILES string of the molecule is [2H]c1ccc(F)c(Br)n1. The van der Waals surface area contributed by atoms with Crippen LogP contribution in [0.25, 0.3) is 0 Å². The lowest BCUT2D eigenvalue weighted by Crippen LogP contribution is -1.77. The van der Waals surface area contributed by atoms with Crippen LogP contribution in [0, 0.1) is 5.82 Å². The number of pyridine rings is 1. The van der Waals surface area contributed by atoms with Gasteiger partial charge in [0.2, 0.25) is 0 Å². The molecule has 1 aromatic rings. The van der Waals surface area contributed by atoms with Gasteiger partial charge in [0.25, 0.3) is 0 Å². The highest BCUT2D eigenvalue weighted by atomic mass is 79.9. The monoisotopic (exact) mass is 176 g/mol. The topological polar surface area (TPSA) is 12.9 Å². The van der Waals surface area contributed by atoms with Crippen LogP contribution < -0.4 is 0 Å². The minimum atomic E-state index is -0.439. The third-order valence-electron chi connectivity index (χ3n) is 0.664. The average molecular weight is 177 g/mol. The fourth-order valence-corrected chi connectivity index (χ4v) is 0.561. The maximum Gasteiger partial charge on any atom is 0.155 e. The van der Waals surface area contributed by atoms with Crippen molar-refractivity contribution in [1.82, 2.24) is 4.98 Å². The summed E-state index contributed by atoms with van der Waals surface area (Å²) in [4.78, 5) is 3.48. The van der Waals surface area contributed by atoms with E-state index in [-0.39, 0.29) is 10.8 Å². The van der Waals surface area contributed by atoms with Gasteiger partial charge in [0.15, 0.2) is 5.82 Å². The average Bonchev–Trinajstić information content (AvgIpc) is 1.80. The summed E-state index contributed by atoms with van der Waals surface area (Å²) in [5.74, 6) is -0.439. The molecule has 1 aromatic heterocycles. The van der Waals surface area contributed by atoms with E-state index in [1.54, 1.807) is 0 Å². The van der Waals surface area contributed by atoms with Gasteiger partial charge >= 0.3 is 0 Å². The van der Waals surface area contributed by atoms with E-state index in [1.165, 1.54) is 12.1 Å². The van der Waals surface area contributed by atoms with E-state index in [0.717, 1.165) is 0 Å². The molecule has 0 saturated carbocycles. The zero-order chi connectivity index (χ0) is 6.85. The highest BCUT2D eigenvalue weighted by molar-refractivity contribution is 9.10. The van der Waals surface area contributed by atoms with Crippen molar-refractivity contribution in [3.63, 3.8) is 0 Å². The molecule has 0 aliphatic heterocycles. The molecular formula is C5H3BrFN. The highest BCUT2D eigenvalue weighted by Crippen LogP contribution is 2.08. The molecule has 0 fully saturated rings. The Kier molecular flexibility index (Phi) is 1.23. The standard InChI is InChI=1S/C5H3BrFN/c6-5-4(7)2-1-3-8-5/h1-3H/i3D. The first-order chi connectivity index (χ1) is 4.20. The zero-order valence-electron chi connectivity index (χ0n) is 4.86. The number of aromatic nitrogens is 1. The first-order valence-electron chi connectivity index (χ1n) is 2.49. The lowest BCUT2D eigenvalue weighted by Gasteiger charge is -1.86. The van der Waals surface area contributed by atoms with Crippen LogP contribution in [0.1, 0.15) is 1.37 Å². The van der Waals surface area contributed by atoms with Gasteiger partial charge in [-0.15, -0.1) is 0 Å². The number of hydrogen-bond donors (Lipinski definition) is 0. The summed E-state index contributed by atoms with van der Waals surface area (Å²) in [6, 6.07) is 2.49. The Morgan fingerprint density at radius 2 is 2.62 bits per heavy atom. The molecule has 0 aliphatic rings. The molecule has 0 unspecified atom stereocenters. The summed E-state index contributed by atoms with van der Waals surface area (Å²) in [7, 11) is 0. The van der Waals surface area contributed by atoms with Crippen LogP contribution >= 0.6 is 15.9 Å². The lowest BCUT2D eigenvalue weighted by molar-refractivity contribution is 0.613. The van der Waals surface area contributed by atoms with Crippen molar-refractivity contribution in [2.75, 3.05) is 0 Å². The molecule has 1 rings (SSSR count). The summed E-state index contributed by atoms with van der Waals surface area (Å²) in [5, 5.41) is 0. The second-order valence-corrected chi connectivity index (χ2v) is 1.96. The van der Waals surface area contributed by atoms with E-state index in [1.807, 2.05) is 0 Å². The quantitative estimate of drug-likeness (QED) is 0.552. The van der Waals surface area contributed by atoms with Gasteiger partial charge in [-0.05, 0) is 28.1 Å². The van der Waals surface area contributed by atoms with E-state index in [2.05, 4.69) is 20.9 Å². The van der Waals surface area contributed by atoms with Crippen LogP contribution in [-0.2, 0) is 0 Å². The van der Waals surface area contributed by atoms with Crippen molar-refractivity contribution < 1.29 is 5.76 Å². The molecule has 0 bridgehead atoms. The van der Waals surface area contributed by atoms with Gasteiger partial charge in [-0.3, -0.25) is 0 Å². The van der Waals surface area contributed by atoms with Crippen LogP contribution in [0.3, 0.4) is 0 Å². The molecule has 0 saturated heterocycles. The van der Waals surface area contributed by atoms with E-state index < -0.39 is 5.82 Å². The Balaban J connectivity index is 3.17. The second-order valence-electron chi connectivity index (χ2n) is 1.21. The van der Waals surface area contributed by atoms with E-state index >= 15 is 0 Å². The van der Waals surface area contributed by atoms with Crippen molar-refractivity contribution >= 4 is 15.9 Å². The van der Waals surface area contributed by atoms with Crippen molar-refractivity contribution in [3.05, 3.63) is 28.7 Å². The zero-order valence-corrected chi connectivity index (χ0v) is 5.44. The molecule has 0 aromatic carbocycles. The first kappa shape index (κ1) is 4.44. The van der Waals surface area contributed by atoms with Crippen molar-refractivity contribution in [2.24, 2.45) is 0 Å². The molecule has 1 heterocycles. The fraction of sp³-hybridized carbons (Fsp3) is 0. The molecular weight excluding hydrogens is 173 g/mol. The molecule has 3 heteroatoms. The van der Waals surface area contributed by atoms with Gasteiger partial charge in [-0.2, -0.15) is 0 Å². The van der Waals surface area contributed by atoms with Crippen molar-refractivity contribution in [2.45, 2.75) is 0 Å². The number of hydrogen-bond acceptors (Lipinski definition) is 1. The van der Waals surface area contributed by atoms with Crippen LogP contribution in [0.4, 0.5) is 4.39 Å². The van der Waals surface area contributed by atoms with Gasteiger partial charge in [0, 0.05) is 6.17 Å². The summed E-state index contributed by atoms with van der Waals surface area (Å²) in [5.41, 5.74) is 0. The highest BCUT2D eigenvalue weighted by Gasteiger charge is 1.92. The van der Waals surface area contributed by atoms with E-state index in [9.17, 15) is 4.39 Å².